The summed E-state index contributed by atoms with van der Waals surface area (Å²) in [7, 11) is 4.85. The van der Waals surface area contributed by atoms with Crippen LogP contribution in [0.2, 0.25) is 0 Å². The molecule has 0 saturated heterocycles. The van der Waals surface area contributed by atoms with Crippen molar-refractivity contribution in [2.24, 2.45) is 5.73 Å². The Hall–Kier alpha value is -1.80. The molecule has 1 heterocycles. The molecule has 0 aromatic carbocycles. The number of hydrogen-bond acceptors (Lipinski definition) is 6. The maximum absolute atomic E-state index is 12.1. The lowest BCUT2D eigenvalue weighted by atomic mass is 10.2. The van der Waals surface area contributed by atoms with E-state index in [1.165, 1.54) is 4.90 Å². The van der Waals surface area contributed by atoms with Gasteiger partial charge in [-0.25, -0.2) is 0 Å². The number of nitrogen functional groups attached to an aromatic ring is 1. The number of anilines is 2. The molecule has 1 unspecified atom stereocenters. The Labute approximate surface area is 128 Å². The molecule has 1 atom stereocenters. The number of methoxy groups -OCH3 is 1. The van der Waals surface area contributed by atoms with Gasteiger partial charge < -0.3 is 26.4 Å². The second-order valence-corrected chi connectivity index (χ2v) is 5.84. The van der Waals surface area contributed by atoms with E-state index < -0.39 is 5.91 Å². The lowest BCUT2D eigenvalue weighted by Crippen LogP contribution is -2.25. The average molecular weight is 314 g/mol. The zero-order valence-corrected chi connectivity index (χ0v) is 13.5. The number of nitrogens with one attached hydrogen (secondary N) is 1. The standard InChI is InChI=1S/C13H22N4O3S/c1-5-7(6-20-4)16-12-8(11(15)18)9(14)10(21-12)13(19)17(2)3/h7,16H,5-6,14H2,1-4H3,(H2,15,18). The lowest BCUT2D eigenvalue weighted by molar-refractivity contribution is 0.0833. The molecule has 0 bridgehead atoms. The van der Waals surface area contributed by atoms with Crippen molar-refractivity contribution in [1.29, 1.82) is 0 Å². The van der Waals surface area contributed by atoms with Gasteiger partial charge in [-0.1, -0.05) is 6.92 Å². The third kappa shape index (κ3) is 3.85. The number of carbonyl (C=O) groups excluding carboxylic acids is 2. The highest BCUT2D eigenvalue weighted by Crippen LogP contribution is 2.36. The number of hydrogen-bond donors (Lipinski definition) is 3. The molecule has 1 aromatic heterocycles. The van der Waals surface area contributed by atoms with Gasteiger partial charge >= 0.3 is 0 Å². The molecule has 0 aliphatic carbocycles. The minimum atomic E-state index is -0.656. The van der Waals surface area contributed by atoms with Gasteiger partial charge in [-0.15, -0.1) is 11.3 Å². The zero-order valence-electron chi connectivity index (χ0n) is 12.7. The Bertz CT molecular complexity index is 528. The van der Waals surface area contributed by atoms with Crippen molar-refractivity contribution in [2.75, 3.05) is 38.9 Å². The molecule has 0 saturated carbocycles. The van der Waals surface area contributed by atoms with E-state index in [9.17, 15) is 9.59 Å². The number of ether oxygens (including phenoxy) is 1. The molecule has 7 nitrogen and oxygen atoms in total. The molecule has 0 spiro atoms. The first-order chi connectivity index (χ1) is 9.83. The van der Waals surface area contributed by atoms with Crippen molar-refractivity contribution in [3.05, 3.63) is 10.4 Å². The van der Waals surface area contributed by atoms with Crippen LogP contribution >= 0.6 is 11.3 Å². The first-order valence-corrected chi connectivity index (χ1v) is 7.34. The van der Waals surface area contributed by atoms with Crippen LogP contribution in [0.15, 0.2) is 0 Å². The Morgan fingerprint density at radius 3 is 2.48 bits per heavy atom. The monoisotopic (exact) mass is 314 g/mol. The molecule has 0 radical (unpaired) electrons. The largest absolute Gasteiger partial charge is 0.397 e. The van der Waals surface area contributed by atoms with Crippen LogP contribution in [-0.4, -0.2) is 50.6 Å². The molecule has 1 rings (SSSR count). The maximum Gasteiger partial charge on any atom is 0.265 e. The fourth-order valence-electron chi connectivity index (χ4n) is 1.80. The number of amides is 2. The Morgan fingerprint density at radius 2 is 2.05 bits per heavy atom. The van der Waals surface area contributed by atoms with E-state index in [2.05, 4.69) is 5.32 Å². The number of primary amides is 1. The van der Waals surface area contributed by atoms with E-state index in [1.807, 2.05) is 6.92 Å². The van der Waals surface area contributed by atoms with Crippen LogP contribution in [0.5, 0.6) is 0 Å². The molecule has 8 heteroatoms. The van der Waals surface area contributed by atoms with Gasteiger partial charge in [0, 0.05) is 27.2 Å². The van der Waals surface area contributed by atoms with Crippen molar-refractivity contribution in [2.45, 2.75) is 19.4 Å². The summed E-state index contributed by atoms with van der Waals surface area (Å²) >= 11 is 1.14. The van der Waals surface area contributed by atoms with E-state index >= 15 is 0 Å². The minimum absolute atomic E-state index is 0.00783. The second-order valence-electron chi connectivity index (χ2n) is 4.82. The lowest BCUT2D eigenvalue weighted by Gasteiger charge is -2.16. The highest BCUT2D eigenvalue weighted by Gasteiger charge is 2.26. The summed E-state index contributed by atoms with van der Waals surface area (Å²) in [4.78, 5) is 25.4. The number of carbonyl (C=O) groups is 2. The Balaban J connectivity index is 3.22. The summed E-state index contributed by atoms with van der Waals surface area (Å²) in [6.07, 6.45) is 0.792. The first-order valence-electron chi connectivity index (χ1n) is 6.52. The van der Waals surface area contributed by atoms with Crippen molar-refractivity contribution in [1.82, 2.24) is 4.90 Å². The summed E-state index contributed by atoms with van der Waals surface area (Å²) in [5, 5.41) is 3.68. The van der Waals surface area contributed by atoms with Crippen LogP contribution in [0.4, 0.5) is 10.7 Å². The number of thiophene rings is 1. The molecule has 0 aliphatic heterocycles. The van der Waals surface area contributed by atoms with Crippen LogP contribution < -0.4 is 16.8 Å². The molecular weight excluding hydrogens is 292 g/mol. The zero-order chi connectivity index (χ0) is 16.2. The number of nitrogens with two attached hydrogens (primary N) is 2. The SMILES string of the molecule is CCC(COC)Nc1sc(C(=O)N(C)C)c(N)c1C(N)=O. The van der Waals surface area contributed by atoms with Gasteiger partial charge in [0.15, 0.2) is 0 Å². The molecule has 1 aromatic rings. The van der Waals surface area contributed by atoms with Crippen molar-refractivity contribution < 1.29 is 14.3 Å². The molecule has 0 aliphatic rings. The van der Waals surface area contributed by atoms with Gasteiger partial charge in [-0.05, 0) is 6.42 Å². The number of nitrogens with zero attached hydrogens (tertiary/aromatic N) is 1. The predicted molar refractivity (Wildman–Crippen MR) is 84.8 cm³/mol. The van der Waals surface area contributed by atoms with E-state index in [0.29, 0.717) is 16.5 Å². The molecule has 5 N–H and O–H groups in total. The topological polar surface area (TPSA) is 111 Å². The van der Waals surface area contributed by atoms with E-state index in [0.717, 1.165) is 17.8 Å². The van der Waals surface area contributed by atoms with Gasteiger partial charge in [0.1, 0.15) is 9.88 Å². The van der Waals surface area contributed by atoms with Gasteiger partial charge in [0.25, 0.3) is 11.8 Å². The fraction of sp³-hybridized carbons (Fsp3) is 0.538. The van der Waals surface area contributed by atoms with Crippen LogP contribution in [0.25, 0.3) is 0 Å². The predicted octanol–water partition coefficient (Wildman–Crippen LogP) is 0.968. The highest BCUT2D eigenvalue weighted by molar-refractivity contribution is 7.19. The van der Waals surface area contributed by atoms with E-state index in [1.54, 1.807) is 21.2 Å². The third-order valence-corrected chi connectivity index (χ3v) is 4.11. The van der Waals surface area contributed by atoms with Crippen molar-refractivity contribution >= 4 is 33.8 Å². The van der Waals surface area contributed by atoms with Crippen LogP contribution in [-0.2, 0) is 4.74 Å². The van der Waals surface area contributed by atoms with Gasteiger partial charge in [0.05, 0.1) is 17.9 Å². The summed E-state index contributed by atoms with van der Waals surface area (Å²) < 4.78 is 5.11. The van der Waals surface area contributed by atoms with Crippen LogP contribution in [0, 0.1) is 0 Å². The average Bonchev–Trinajstić information content (AvgIpc) is 2.73. The molecule has 2 amide bonds. The second kappa shape index (κ2) is 7.28. The van der Waals surface area contributed by atoms with E-state index in [-0.39, 0.29) is 23.2 Å². The normalized spacial score (nSPS) is 12.0. The summed E-state index contributed by atoms with van der Waals surface area (Å²) in [5.74, 6) is -0.913. The van der Waals surface area contributed by atoms with Crippen LogP contribution in [0.3, 0.4) is 0 Å². The van der Waals surface area contributed by atoms with Gasteiger partial charge in [-0.2, -0.15) is 0 Å². The summed E-state index contributed by atoms with van der Waals surface area (Å²) in [6, 6.07) is 0.00783. The summed E-state index contributed by atoms with van der Waals surface area (Å²) in [5.41, 5.74) is 11.6. The number of rotatable bonds is 7. The Morgan fingerprint density at radius 1 is 1.43 bits per heavy atom. The smallest absolute Gasteiger partial charge is 0.265 e. The molecular formula is C13H22N4O3S. The molecule has 0 fully saturated rings. The van der Waals surface area contributed by atoms with Crippen molar-refractivity contribution in [3.63, 3.8) is 0 Å². The van der Waals surface area contributed by atoms with Gasteiger partial charge in [-0.3, -0.25) is 9.59 Å². The van der Waals surface area contributed by atoms with E-state index in [4.69, 9.17) is 16.2 Å². The third-order valence-electron chi connectivity index (χ3n) is 2.99. The molecule has 118 valence electrons. The first kappa shape index (κ1) is 17.3. The molecule has 21 heavy (non-hydrogen) atoms. The highest BCUT2D eigenvalue weighted by atomic mass is 32.1. The van der Waals surface area contributed by atoms with Gasteiger partial charge in [0.2, 0.25) is 0 Å². The maximum atomic E-state index is 12.1. The fourth-order valence-corrected chi connectivity index (χ4v) is 3.02. The van der Waals surface area contributed by atoms with Crippen molar-refractivity contribution in [3.8, 4) is 0 Å². The minimum Gasteiger partial charge on any atom is -0.397 e. The Kier molecular flexibility index (Phi) is 5.98. The summed E-state index contributed by atoms with van der Waals surface area (Å²) in [6.45, 7) is 2.47. The van der Waals surface area contributed by atoms with Crippen LogP contribution in [0.1, 0.15) is 33.4 Å². The quantitative estimate of drug-likeness (QED) is 0.694.